The number of rotatable bonds is 4. The molecular weight excluding hydrogens is 254 g/mol. The van der Waals surface area contributed by atoms with Crippen LogP contribution >= 0.6 is 0 Å². The van der Waals surface area contributed by atoms with Crippen LogP contribution in [0.4, 0.5) is 0 Å². The molecule has 0 saturated heterocycles. The third kappa shape index (κ3) is 2.75. The second kappa shape index (κ2) is 5.92. The van der Waals surface area contributed by atoms with Gasteiger partial charge in [-0.2, -0.15) is 0 Å². The van der Waals surface area contributed by atoms with Gasteiger partial charge in [0, 0.05) is 10.9 Å². The van der Waals surface area contributed by atoms with E-state index in [1.165, 1.54) is 0 Å². The number of carbonyl (C=O) groups excluding carboxylic acids is 1. The average Bonchev–Trinajstić information content (AvgIpc) is 2.44. The fourth-order valence-electron chi connectivity index (χ4n) is 2.17. The van der Waals surface area contributed by atoms with Crippen LogP contribution in [0.2, 0.25) is 0 Å². The van der Waals surface area contributed by atoms with Crippen molar-refractivity contribution in [2.24, 2.45) is 5.73 Å². The van der Waals surface area contributed by atoms with Crippen molar-refractivity contribution in [1.82, 2.24) is 0 Å². The molecule has 0 amide bonds. The minimum Gasteiger partial charge on any atom is -0.496 e. The summed E-state index contributed by atoms with van der Waals surface area (Å²) in [5.74, 6) is 0.171. The van der Waals surface area contributed by atoms with Crippen molar-refractivity contribution in [3.05, 3.63) is 42.0 Å². The Hall–Kier alpha value is -2.07. The summed E-state index contributed by atoms with van der Waals surface area (Å²) < 4.78 is 10.6. The van der Waals surface area contributed by atoms with Gasteiger partial charge in [0.2, 0.25) is 0 Å². The van der Waals surface area contributed by atoms with Crippen molar-refractivity contribution >= 4 is 16.7 Å². The van der Waals surface area contributed by atoms with E-state index in [0.29, 0.717) is 11.3 Å². The number of fused-ring (bicyclic) bond motifs is 1. The quantitative estimate of drug-likeness (QED) is 0.870. The SMILES string of the molecule is COc1c(C(N)C(=O)OC(C)C)ccc2ccccc12. The topological polar surface area (TPSA) is 61.5 Å². The van der Waals surface area contributed by atoms with E-state index in [4.69, 9.17) is 15.2 Å². The van der Waals surface area contributed by atoms with Gasteiger partial charge >= 0.3 is 5.97 Å². The van der Waals surface area contributed by atoms with Crippen LogP contribution in [-0.4, -0.2) is 19.2 Å². The predicted octanol–water partition coefficient (Wildman–Crippen LogP) is 2.80. The lowest BCUT2D eigenvalue weighted by Crippen LogP contribution is -2.26. The van der Waals surface area contributed by atoms with E-state index in [0.717, 1.165) is 10.8 Å². The van der Waals surface area contributed by atoms with Gasteiger partial charge in [-0.3, -0.25) is 0 Å². The van der Waals surface area contributed by atoms with Gasteiger partial charge in [-0.15, -0.1) is 0 Å². The number of hydrogen-bond acceptors (Lipinski definition) is 4. The summed E-state index contributed by atoms with van der Waals surface area (Å²) in [7, 11) is 1.58. The van der Waals surface area contributed by atoms with Crippen LogP contribution in [0, 0.1) is 0 Å². The lowest BCUT2D eigenvalue weighted by Gasteiger charge is -2.18. The average molecular weight is 273 g/mol. The first kappa shape index (κ1) is 14.3. The predicted molar refractivity (Wildman–Crippen MR) is 78.7 cm³/mol. The van der Waals surface area contributed by atoms with Crippen LogP contribution < -0.4 is 10.5 Å². The molecule has 2 rings (SSSR count). The standard InChI is InChI=1S/C16H19NO3/c1-10(2)20-16(18)14(17)13-9-8-11-6-4-5-7-12(11)15(13)19-3/h4-10,14H,17H2,1-3H3. The Labute approximate surface area is 118 Å². The van der Waals surface area contributed by atoms with Crippen LogP contribution in [0.5, 0.6) is 5.75 Å². The lowest BCUT2D eigenvalue weighted by atomic mass is 10.0. The molecule has 20 heavy (non-hydrogen) atoms. The Kier molecular flexibility index (Phi) is 4.25. The highest BCUT2D eigenvalue weighted by Gasteiger charge is 2.23. The largest absolute Gasteiger partial charge is 0.496 e. The number of carbonyl (C=O) groups is 1. The monoisotopic (exact) mass is 273 g/mol. The second-order valence-electron chi connectivity index (χ2n) is 4.87. The molecule has 0 aliphatic carbocycles. The van der Waals surface area contributed by atoms with E-state index in [1.807, 2.05) is 36.4 Å². The molecule has 4 nitrogen and oxygen atoms in total. The highest BCUT2D eigenvalue weighted by Crippen LogP contribution is 2.33. The van der Waals surface area contributed by atoms with Crippen molar-refractivity contribution in [2.45, 2.75) is 26.0 Å². The summed E-state index contributed by atoms with van der Waals surface area (Å²) >= 11 is 0. The first-order chi connectivity index (χ1) is 9.54. The van der Waals surface area contributed by atoms with Crippen molar-refractivity contribution in [2.75, 3.05) is 7.11 Å². The summed E-state index contributed by atoms with van der Waals surface area (Å²) in [6, 6.07) is 10.7. The molecule has 0 bridgehead atoms. The number of hydrogen-bond donors (Lipinski definition) is 1. The Bertz CT molecular complexity index is 622. The molecule has 0 fully saturated rings. The fourth-order valence-corrected chi connectivity index (χ4v) is 2.17. The maximum absolute atomic E-state index is 12.0. The Morgan fingerprint density at radius 3 is 2.50 bits per heavy atom. The normalized spacial score (nSPS) is 12.4. The van der Waals surface area contributed by atoms with Gasteiger partial charge in [0.1, 0.15) is 11.8 Å². The van der Waals surface area contributed by atoms with Gasteiger partial charge in [0.25, 0.3) is 0 Å². The molecule has 2 aromatic carbocycles. The molecule has 106 valence electrons. The number of benzene rings is 2. The number of methoxy groups -OCH3 is 1. The summed E-state index contributed by atoms with van der Waals surface area (Å²) in [6.45, 7) is 3.59. The summed E-state index contributed by atoms with van der Waals surface area (Å²) in [4.78, 5) is 12.0. The van der Waals surface area contributed by atoms with E-state index in [2.05, 4.69) is 0 Å². The van der Waals surface area contributed by atoms with Gasteiger partial charge in [-0.1, -0.05) is 36.4 Å². The van der Waals surface area contributed by atoms with Gasteiger partial charge in [-0.25, -0.2) is 4.79 Å². The van der Waals surface area contributed by atoms with Crippen LogP contribution in [0.1, 0.15) is 25.5 Å². The smallest absolute Gasteiger partial charge is 0.327 e. The van der Waals surface area contributed by atoms with Crippen LogP contribution in [0.15, 0.2) is 36.4 Å². The molecule has 4 heteroatoms. The third-order valence-corrected chi connectivity index (χ3v) is 3.06. The Morgan fingerprint density at radius 2 is 1.85 bits per heavy atom. The molecule has 0 radical (unpaired) electrons. The van der Waals surface area contributed by atoms with E-state index in [1.54, 1.807) is 21.0 Å². The minimum absolute atomic E-state index is 0.194. The fraction of sp³-hybridized carbons (Fsp3) is 0.312. The summed E-state index contributed by atoms with van der Waals surface area (Å²) in [5, 5.41) is 1.97. The zero-order valence-electron chi connectivity index (χ0n) is 11.9. The van der Waals surface area contributed by atoms with Crippen molar-refractivity contribution in [3.8, 4) is 5.75 Å². The van der Waals surface area contributed by atoms with E-state index < -0.39 is 12.0 Å². The Morgan fingerprint density at radius 1 is 1.15 bits per heavy atom. The summed E-state index contributed by atoms with van der Waals surface area (Å²) in [6.07, 6.45) is -0.194. The lowest BCUT2D eigenvalue weighted by molar-refractivity contribution is -0.149. The molecule has 1 unspecified atom stereocenters. The zero-order chi connectivity index (χ0) is 14.7. The highest BCUT2D eigenvalue weighted by molar-refractivity contribution is 5.91. The zero-order valence-corrected chi connectivity index (χ0v) is 11.9. The first-order valence-electron chi connectivity index (χ1n) is 6.56. The number of ether oxygens (including phenoxy) is 2. The molecule has 0 heterocycles. The number of esters is 1. The molecule has 0 aromatic heterocycles. The van der Waals surface area contributed by atoms with E-state index in [-0.39, 0.29) is 6.10 Å². The molecular formula is C16H19NO3. The van der Waals surface area contributed by atoms with Crippen molar-refractivity contribution in [3.63, 3.8) is 0 Å². The van der Waals surface area contributed by atoms with E-state index in [9.17, 15) is 4.79 Å². The van der Waals surface area contributed by atoms with Crippen molar-refractivity contribution in [1.29, 1.82) is 0 Å². The molecule has 2 N–H and O–H groups in total. The van der Waals surface area contributed by atoms with Crippen LogP contribution in [0.25, 0.3) is 10.8 Å². The molecule has 0 saturated carbocycles. The molecule has 0 spiro atoms. The Balaban J connectivity index is 2.46. The first-order valence-corrected chi connectivity index (χ1v) is 6.56. The molecule has 1 atom stereocenters. The maximum Gasteiger partial charge on any atom is 0.327 e. The van der Waals surface area contributed by atoms with E-state index >= 15 is 0 Å². The van der Waals surface area contributed by atoms with Crippen molar-refractivity contribution < 1.29 is 14.3 Å². The minimum atomic E-state index is -0.850. The highest BCUT2D eigenvalue weighted by atomic mass is 16.5. The van der Waals surface area contributed by atoms with Gasteiger partial charge in [0.05, 0.1) is 13.2 Å². The van der Waals surface area contributed by atoms with Gasteiger partial charge in [-0.05, 0) is 19.2 Å². The molecule has 0 aliphatic heterocycles. The second-order valence-corrected chi connectivity index (χ2v) is 4.87. The molecule has 0 aliphatic rings. The third-order valence-electron chi connectivity index (χ3n) is 3.06. The molecule has 2 aromatic rings. The van der Waals surface area contributed by atoms with Crippen LogP contribution in [0.3, 0.4) is 0 Å². The number of nitrogens with two attached hydrogens (primary N) is 1. The van der Waals surface area contributed by atoms with Gasteiger partial charge < -0.3 is 15.2 Å². The summed E-state index contributed by atoms with van der Waals surface area (Å²) in [5.41, 5.74) is 6.64. The van der Waals surface area contributed by atoms with Gasteiger partial charge in [0.15, 0.2) is 0 Å². The maximum atomic E-state index is 12.0. The van der Waals surface area contributed by atoms with Crippen LogP contribution in [-0.2, 0) is 9.53 Å².